The summed E-state index contributed by atoms with van der Waals surface area (Å²) in [5, 5.41) is 11.2. The number of rotatable bonds is 3. The quantitative estimate of drug-likeness (QED) is 0.905. The fraction of sp³-hybridized carbons (Fsp3) is 0.350. The summed E-state index contributed by atoms with van der Waals surface area (Å²) in [4.78, 5) is 14.5. The number of carbonyl (C=O) groups is 1. The zero-order valence-electron chi connectivity index (χ0n) is 13.8. The van der Waals surface area contributed by atoms with E-state index >= 15 is 0 Å². The number of halogens is 1. The summed E-state index contributed by atoms with van der Waals surface area (Å²) in [6, 6.07) is 15.0. The molecule has 0 aromatic heterocycles. The van der Waals surface area contributed by atoms with Gasteiger partial charge < -0.3 is 10.0 Å². The Labute approximate surface area is 147 Å². The molecule has 0 radical (unpaired) electrons. The Balaban J connectivity index is 1.61. The van der Waals surface area contributed by atoms with E-state index in [2.05, 4.69) is 0 Å². The van der Waals surface area contributed by atoms with E-state index in [-0.39, 0.29) is 11.8 Å². The predicted octanol–water partition coefficient (Wildman–Crippen LogP) is 4.23. The summed E-state index contributed by atoms with van der Waals surface area (Å²) in [5.41, 5.74) is 2.73. The largest absolute Gasteiger partial charge is 0.388 e. The highest BCUT2D eigenvalue weighted by atomic mass is 35.5. The number of hydrogen-bond donors (Lipinski definition) is 1. The van der Waals surface area contributed by atoms with Crippen molar-refractivity contribution >= 4 is 17.5 Å². The molecule has 1 atom stereocenters. The molecule has 2 aromatic rings. The van der Waals surface area contributed by atoms with Gasteiger partial charge in [0, 0.05) is 23.7 Å². The monoisotopic (exact) mass is 343 g/mol. The second kappa shape index (κ2) is 7.37. The van der Waals surface area contributed by atoms with Crippen LogP contribution in [0.1, 0.15) is 40.4 Å². The lowest BCUT2D eigenvalue weighted by Crippen LogP contribution is -2.39. The molecule has 1 fully saturated rings. The fourth-order valence-corrected chi connectivity index (χ4v) is 3.44. The molecule has 126 valence electrons. The van der Waals surface area contributed by atoms with Crippen LogP contribution in [-0.2, 0) is 0 Å². The van der Waals surface area contributed by atoms with Crippen LogP contribution in [0, 0.1) is 12.8 Å². The molecule has 0 aliphatic carbocycles. The Kier molecular flexibility index (Phi) is 5.22. The number of aliphatic hydroxyl groups is 1. The lowest BCUT2D eigenvalue weighted by Gasteiger charge is -2.34. The summed E-state index contributed by atoms with van der Waals surface area (Å²) < 4.78 is 0. The second-order valence-electron chi connectivity index (χ2n) is 6.50. The van der Waals surface area contributed by atoms with Crippen LogP contribution in [0.5, 0.6) is 0 Å². The van der Waals surface area contributed by atoms with Gasteiger partial charge in [-0.25, -0.2) is 0 Å². The first-order valence-corrected chi connectivity index (χ1v) is 8.72. The summed E-state index contributed by atoms with van der Waals surface area (Å²) >= 11 is 5.90. The van der Waals surface area contributed by atoms with Crippen molar-refractivity contribution in [3.63, 3.8) is 0 Å². The summed E-state index contributed by atoms with van der Waals surface area (Å²) in [6.07, 6.45) is 1.11. The van der Waals surface area contributed by atoms with Gasteiger partial charge in [-0.05, 0) is 55.5 Å². The molecule has 1 aliphatic rings. The van der Waals surface area contributed by atoms with E-state index in [9.17, 15) is 9.90 Å². The zero-order valence-corrected chi connectivity index (χ0v) is 14.5. The van der Waals surface area contributed by atoms with E-state index < -0.39 is 6.10 Å². The Hall–Kier alpha value is -1.84. The highest BCUT2D eigenvalue weighted by molar-refractivity contribution is 6.30. The number of piperidine rings is 1. The maximum absolute atomic E-state index is 12.6. The van der Waals surface area contributed by atoms with Gasteiger partial charge >= 0.3 is 0 Å². The van der Waals surface area contributed by atoms with Crippen LogP contribution in [0.3, 0.4) is 0 Å². The van der Waals surface area contributed by atoms with Crippen LogP contribution in [0.15, 0.2) is 48.5 Å². The number of carbonyl (C=O) groups excluding carboxylic acids is 1. The summed E-state index contributed by atoms with van der Waals surface area (Å²) in [5.74, 6) is 0.255. The first-order valence-electron chi connectivity index (χ1n) is 8.34. The van der Waals surface area contributed by atoms with Gasteiger partial charge in [-0.3, -0.25) is 4.79 Å². The molecule has 1 amide bonds. The van der Waals surface area contributed by atoms with Gasteiger partial charge in [-0.1, -0.05) is 41.4 Å². The van der Waals surface area contributed by atoms with Crippen molar-refractivity contribution in [2.24, 2.45) is 5.92 Å². The number of aliphatic hydroxyl groups excluding tert-OH is 1. The van der Waals surface area contributed by atoms with E-state index in [0.29, 0.717) is 18.1 Å². The molecule has 0 spiro atoms. The van der Waals surface area contributed by atoms with Crippen molar-refractivity contribution in [3.8, 4) is 0 Å². The van der Waals surface area contributed by atoms with Crippen molar-refractivity contribution in [2.45, 2.75) is 25.9 Å². The third-order valence-electron chi connectivity index (χ3n) is 4.75. The van der Waals surface area contributed by atoms with Crippen LogP contribution in [0.25, 0.3) is 0 Å². The van der Waals surface area contributed by atoms with E-state index in [1.165, 1.54) is 0 Å². The molecule has 1 unspecified atom stereocenters. The van der Waals surface area contributed by atoms with Gasteiger partial charge in [0.1, 0.15) is 0 Å². The summed E-state index contributed by atoms with van der Waals surface area (Å²) in [6.45, 7) is 3.36. The van der Waals surface area contributed by atoms with Crippen LogP contribution in [0.4, 0.5) is 0 Å². The molecule has 1 N–H and O–H groups in total. The van der Waals surface area contributed by atoms with Crippen LogP contribution >= 0.6 is 11.6 Å². The minimum Gasteiger partial charge on any atom is -0.388 e. The van der Waals surface area contributed by atoms with Gasteiger partial charge in [0.2, 0.25) is 0 Å². The number of benzene rings is 2. The average molecular weight is 344 g/mol. The third kappa shape index (κ3) is 3.80. The molecule has 4 heteroatoms. The fourth-order valence-electron chi connectivity index (χ4n) is 3.31. The highest BCUT2D eigenvalue weighted by Crippen LogP contribution is 2.31. The van der Waals surface area contributed by atoms with Gasteiger partial charge in [0.25, 0.3) is 5.91 Å². The van der Waals surface area contributed by atoms with Crippen molar-refractivity contribution in [3.05, 3.63) is 70.2 Å². The van der Waals surface area contributed by atoms with Gasteiger partial charge in [-0.15, -0.1) is 0 Å². The maximum atomic E-state index is 12.6. The predicted molar refractivity (Wildman–Crippen MR) is 96.2 cm³/mol. The van der Waals surface area contributed by atoms with Crippen LogP contribution in [-0.4, -0.2) is 29.0 Å². The normalized spacial score (nSPS) is 16.9. The van der Waals surface area contributed by atoms with Crippen molar-refractivity contribution in [1.82, 2.24) is 4.90 Å². The average Bonchev–Trinajstić information content (AvgIpc) is 2.61. The van der Waals surface area contributed by atoms with Crippen LogP contribution < -0.4 is 0 Å². The molecule has 0 bridgehead atoms. The van der Waals surface area contributed by atoms with Gasteiger partial charge in [-0.2, -0.15) is 0 Å². The Morgan fingerprint density at radius 2 is 1.83 bits per heavy atom. The zero-order chi connectivity index (χ0) is 17.1. The molecular formula is C20H22ClNO2. The highest BCUT2D eigenvalue weighted by Gasteiger charge is 2.28. The Morgan fingerprint density at radius 1 is 1.17 bits per heavy atom. The smallest absolute Gasteiger partial charge is 0.253 e. The molecule has 1 saturated heterocycles. The second-order valence-corrected chi connectivity index (χ2v) is 6.93. The van der Waals surface area contributed by atoms with E-state index in [1.54, 1.807) is 12.1 Å². The molecule has 0 saturated carbocycles. The Morgan fingerprint density at radius 3 is 2.46 bits per heavy atom. The van der Waals surface area contributed by atoms with E-state index in [1.807, 2.05) is 48.2 Å². The molecular weight excluding hydrogens is 322 g/mol. The molecule has 3 nitrogen and oxygen atoms in total. The molecule has 1 aliphatic heterocycles. The minimum absolute atomic E-state index is 0.0816. The summed E-state index contributed by atoms with van der Waals surface area (Å²) in [7, 11) is 0. The van der Waals surface area contributed by atoms with Gasteiger partial charge in [0.15, 0.2) is 0 Å². The first-order chi connectivity index (χ1) is 11.5. The number of aryl methyl sites for hydroxylation is 1. The number of nitrogens with zero attached hydrogens (tertiary/aromatic N) is 1. The number of likely N-dealkylation sites (tertiary alicyclic amines) is 1. The van der Waals surface area contributed by atoms with E-state index in [0.717, 1.165) is 29.5 Å². The Bertz CT molecular complexity index is 706. The standard InChI is InChI=1S/C20H22ClNO2/c1-14-3-2-4-17(13-14)20(24)22-11-9-16(10-12-22)19(23)15-5-7-18(21)8-6-15/h2-8,13,16,19,23H,9-12H2,1H3. The first kappa shape index (κ1) is 17.0. The molecule has 1 heterocycles. The minimum atomic E-state index is -0.501. The van der Waals surface area contributed by atoms with Crippen molar-refractivity contribution in [1.29, 1.82) is 0 Å². The molecule has 3 rings (SSSR count). The lowest BCUT2D eigenvalue weighted by molar-refractivity contribution is 0.0462. The van der Waals surface area contributed by atoms with Gasteiger partial charge in [0.05, 0.1) is 6.10 Å². The topological polar surface area (TPSA) is 40.5 Å². The van der Waals surface area contributed by atoms with Crippen LogP contribution in [0.2, 0.25) is 5.02 Å². The maximum Gasteiger partial charge on any atom is 0.253 e. The SMILES string of the molecule is Cc1cccc(C(=O)N2CCC(C(O)c3ccc(Cl)cc3)CC2)c1. The molecule has 2 aromatic carbocycles. The van der Waals surface area contributed by atoms with Crippen molar-refractivity contribution < 1.29 is 9.90 Å². The lowest BCUT2D eigenvalue weighted by atomic mass is 9.87. The van der Waals surface area contributed by atoms with Crippen molar-refractivity contribution in [2.75, 3.05) is 13.1 Å². The number of hydrogen-bond acceptors (Lipinski definition) is 2. The molecule has 24 heavy (non-hydrogen) atoms. The number of amides is 1. The van der Waals surface area contributed by atoms with E-state index in [4.69, 9.17) is 11.6 Å². The third-order valence-corrected chi connectivity index (χ3v) is 5.00.